The number of Topliss-reactive ketones (excluding diaryl/α,β-unsaturated/α-hetero) is 1. The number of nitrogens with one attached hydrogen (secondary N) is 3. The van der Waals surface area contributed by atoms with E-state index in [0.29, 0.717) is 18.8 Å². The van der Waals surface area contributed by atoms with E-state index < -0.39 is 0 Å². The molecule has 3 aromatic rings. The van der Waals surface area contributed by atoms with Crippen LogP contribution in [0.5, 0.6) is 0 Å². The maximum Gasteiger partial charge on any atom is 0.251 e. The standard InChI is InChI=1S/C24H26N4O3/c1-2-13-31-15-21(30)28-20-14-16(11-12-25-20)23-24(26-17-7-4-3-5-8-17)22-18(27-23)9-6-10-19(22)29/h3-5,7-8,11-12,14,26-27H,2,6,9-10,13,15H2,1H3,(H,25,28,30). The van der Waals surface area contributed by atoms with Crippen LogP contribution in [0.15, 0.2) is 48.7 Å². The number of pyridine rings is 1. The van der Waals surface area contributed by atoms with Crippen molar-refractivity contribution in [2.24, 2.45) is 0 Å². The van der Waals surface area contributed by atoms with E-state index in [1.165, 1.54) is 0 Å². The van der Waals surface area contributed by atoms with Crippen LogP contribution in [0.4, 0.5) is 17.2 Å². The fourth-order valence-corrected chi connectivity index (χ4v) is 3.75. The summed E-state index contributed by atoms with van der Waals surface area (Å²) in [7, 11) is 0. The van der Waals surface area contributed by atoms with E-state index >= 15 is 0 Å². The third kappa shape index (κ3) is 4.83. The number of ether oxygens (including phenoxy) is 1. The number of carbonyl (C=O) groups excluding carboxylic acids is 2. The maximum atomic E-state index is 12.7. The number of hydrogen-bond donors (Lipinski definition) is 3. The Balaban J connectivity index is 1.66. The number of anilines is 3. The first-order valence-corrected chi connectivity index (χ1v) is 10.6. The minimum absolute atomic E-state index is 0.00807. The number of amides is 1. The number of carbonyl (C=O) groups is 2. The zero-order valence-electron chi connectivity index (χ0n) is 17.5. The summed E-state index contributed by atoms with van der Waals surface area (Å²) >= 11 is 0. The fraction of sp³-hybridized carbons (Fsp3) is 0.292. The van der Waals surface area contributed by atoms with Crippen molar-refractivity contribution >= 4 is 28.9 Å². The Hall–Kier alpha value is -3.45. The number of rotatable bonds is 8. The lowest BCUT2D eigenvalue weighted by atomic mass is 9.95. The highest BCUT2D eigenvalue weighted by molar-refractivity contribution is 6.07. The number of aryl methyl sites for hydroxylation is 1. The molecule has 1 aliphatic carbocycles. The number of fused-ring (bicyclic) bond motifs is 1. The van der Waals surface area contributed by atoms with Crippen LogP contribution in [0.25, 0.3) is 11.3 Å². The van der Waals surface area contributed by atoms with Crippen molar-refractivity contribution < 1.29 is 14.3 Å². The van der Waals surface area contributed by atoms with Gasteiger partial charge in [-0.15, -0.1) is 0 Å². The lowest BCUT2D eigenvalue weighted by Crippen LogP contribution is -2.19. The van der Waals surface area contributed by atoms with Gasteiger partial charge in [-0.1, -0.05) is 25.1 Å². The zero-order valence-corrected chi connectivity index (χ0v) is 17.5. The molecule has 1 amide bonds. The van der Waals surface area contributed by atoms with E-state index in [1.807, 2.05) is 43.3 Å². The van der Waals surface area contributed by atoms with Crippen molar-refractivity contribution in [1.29, 1.82) is 0 Å². The van der Waals surface area contributed by atoms with Gasteiger partial charge in [0.25, 0.3) is 5.91 Å². The third-order valence-electron chi connectivity index (χ3n) is 5.13. The average molecular weight is 418 g/mol. The Morgan fingerprint density at radius 1 is 1.19 bits per heavy atom. The second-order valence-corrected chi connectivity index (χ2v) is 7.53. The summed E-state index contributed by atoms with van der Waals surface area (Å²) in [5.41, 5.74) is 4.98. The second kappa shape index (κ2) is 9.57. The van der Waals surface area contributed by atoms with Gasteiger partial charge in [0.2, 0.25) is 0 Å². The highest BCUT2D eigenvalue weighted by atomic mass is 16.5. The molecule has 0 atom stereocenters. The van der Waals surface area contributed by atoms with E-state index in [-0.39, 0.29) is 18.3 Å². The van der Waals surface area contributed by atoms with Crippen LogP contribution in [-0.2, 0) is 16.0 Å². The number of nitrogens with zero attached hydrogens (tertiary/aromatic N) is 1. The summed E-state index contributed by atoms with van der Waals surface area (Å²) in [6.45, 7) is 2.52. The zero-order chi connectivity index (χ0) is 21.6. The molecule has 0 saturated carbocycles. The molecule has 0 spiro atoms. The molecule has 0 fully saturated rings. The molecule has 160 valence electrons. The highest BCUT2D eigenvalue weighted by Gasteiger charge is 2.27. The van der Waals surface area contributed by atoms with Crippen molar-refractivity contribution in [1.82, 2.24) is 9.97 Å². The van der Waals surface area contributed by atoms with Crippen LogP contribution in [0.2, 0.25) is 0 Å². The Morgan fingerprint density at radius 3 is 2.84 bits per heavy atom. The number of benzene rings is 1. The van der Waals surface area contributed by atoms with E-state index in [1.54, 1.807) is 12.3 Å². The number of aromatic amines is 1. The van der Waals surface area contributed by atoms with E-state index in [2.05, 4.69) is 20.6 Å². The molecule has 0 aliphatic heterocycles. The molecule has 7 heteroatoms. The predicted octanol–water partition coefficient (Wildman–Crippen LogP) is 4.70. The normalized spacial score (nSPS) is 13.0. The molecular weight excluding hydrogens is 392 g/mol. The summed E-state index contributed by atoms with van der Waals surface area (Å²) in [5, 5.41) is 6.20. The minimum atomic E-state index is -0.248. The molecular formula is C24H26N4O3. The summed E-state index contributed by atoms with van der Waals surface area (Å²) in [6.07, 6.45) is 4.71. The number of H-pyrrole nitrogens is 1. The summed E-state index contributed by atoms with van der Waals surface area (Å²) < 4.78 is 5.29. The molecule has 0 radical (unpaired) electrons. The Labute approximate surface area is 181 Å². The van der Waals surface area contributed by atoms with Crippen LogP contribution >= 0.6 is 0 Å². The van der Waals surface area contributed by atoms with Gasteiger partial charge in [0.1, 0.15) is 12.4 Å². The van der Waals surface area contributed by atoms with Crippen LogP contribution in [0.3, 0.4) is 0 Å². The largest absolute Gasteiger partial charge is 0.372 e. The number of ketones is 1. The first-order chi connectivity index (χ1) is 15.2. The molecule has 0 saturated heterocycles. The fourth-order valence-electron chi connectivity index (χ4n) is 3.75. The molecule has 7 nitrogen and oxygen atoms in total. The molecule has 1 aliphatic rings. The van der Waals surface area contributed by atoms with Crippen molar-refractivity contribution in [3.63, 3.8) is 0 Å². The van der Waals surface area contributed by atoms with Gasteiger partial charge < -0.3 is 20.4 Å². The lowest BCUT2D eigenvalue weighted by Gasteiger charge is -2.14. The summed E-state index contributed by atoms with van der Waals surface area (Å²) in [5.74, 6) is 0.326. The van der Waals surface area contributed by atoms with Crippen LogP contribution < -0.4 is 10.6 Å². The maximum absolute atomic E-state index is 12.7. The Morgan fingerprint density at radius 2 is 2.03 bits per heavy atom. The first kappa shape index (κ1) is 20.8. The molecule has 0 unspecified atom stereocenters. The summed E-state index contributed by atoms with van der Waals surface area (Å²) in [6, 6.07) is 13.4. The van der Waals surface area contributed by atoms with E-state index in [0.717, 1.165) is 53.2 Å². The number of hydrogen-bond acceptors (Lipinski definition) is 5. The molecule has 2 aromatic heterocycles. The topological polar surface area (TPSA) is 96.1 Å². The number of aromatic nitrogens is 2. The Kier molecular flexibility index (Phi) is 6.43. The summed E-state index contributed by atoms with van der Waals surface area (Å²) in [4.78, 5) is 32.5. The highest BCUT2D eigenvalue weighted by Crippen LogP contribution is 2.39. The molecule has 4 rings (SSSR count). The minimum Gasteiger partial charge on any atom is -0.372 e. The monoisotopic (exact) mass is 418 g/mol. The van der Waals surface area contributed by atoms with Crippen molar-refractivity contribution in [3.8, 4) is 11.3 Å². The van der Waals surface area contributed by atoms with Crippen LogP contribution in [-0.4, -0.2) is 34.9 Å². The second-order valence-electron chi connectivity index (χ2n) is 7.53. The smallest absolute Gasteiger partial charge is 0.251 e. The van der Waals surface area contributed by atoms with Gasteiger partial charge in [-0.3, -0.25) is 9.59 Å². The van der Waals surface area contributed by atoms with Gasteiger partial charge in [0, 0.05) is 36.2 Å². The van der Waals surface area contributed by atoms with Crippen molar-refractivity contribution in [3.05, 3.63) is 59.9 Å². The van der Waals surface area contributed by atoms with Gasteiger partial charge in [0.05, 0.1) is 16.9 Å². The Bertz CT molecular complexity index is 1080. The molecule has 3 N–H and O–H groups in total. The predicted molar refractivity (Wildman–Crippen MR) is 121 cm³/mol. The molecule has 1 aromatic carbocycles. The van der Waals surface area contributed by atoms with Gasteiger partial charge in [-0.05, 0) is 43.5 Å². The lowest BCUT2D eigenvalue weighted by molar-refractivity contribution is -0.120. The van der Waals surface area contributed by atoms with Gasteiger partial charge in [-0.2, -0.15) is 0 Å². The third-order valence-corrected chi connectivity index (χ3v) is 5.13. The van der Waals surface area contributed by atoms with Crippen LogP contribution in [0, 0.1) is 0 Å². The quantitative estimate of drug-likeness (QED) is 0.461. The van der Waals surface area contributed by atoms with E-state index in [4.69, 9.17) is 4.74 Å². The van der Waals surface area contributed by atoms with Crippen LogP contribution in [0.1, 0.15) is 42.2 Å². The van der Waals surface area contributed by atoms with Gasteiger partial charge in [-0.25, -0.2) is 4.98 Å². The molecule has 0 bridgehead atoms. The van der Waals surface area contributed by atoms with Gasteiger partial charge in [0.15, 0.2) is 5.78 Å². The van der Waals surface area contributed by atoms with Gasteiger partial charge >= 0.3 is 0 Å². The van der Waals surface area contributed by atoms with E-state index in [9.17, 15) is 9.59 Å². The molecule has 2 heterocycles. The average Bonchev–Trinajstić information content (AvgIpc) is 3.14. The van der Waals surface area contributed by atoms with Crippen molar-refractivity contribution in [2.45, 2.75) is 32.6 Å². The number of para-hydroxylation sites is 1. The first-order valence-electron chi connectivity index (χ1n) is 10.6. The van der Waals surface area contributed by atoms with Crippen molar-refractivity contribution in [2.75, 3.05) is 23.8 Å². The molecule has 31 heavy (non-hydrogen) atoms. The SMILES string of the molecule is CCCOCC(=O)Nc1cc(-c2[nH]c3c(c2Nc2ccccc2)C(=O)CCC3)ccn1.